The Hall–Kier alpha value is -2.51. The molecule has 0 spiro atoms. The third-order valence-corrected chi connectivity index (χ3v) is 5.35. The Morgan fingerprint density at radius 1 is 1.18 bits per heavy atom. The van der Waals surface area contributed by atoms with Crippen molar-refractivity contribution in [2.75, 3.05) is 19.5 Å². The molecule has 0 aliphatic heterocycles. The lowest BCUT2D eigenvalue weighted by atomic mass is 10.1. The number of benzene rings is 2. The summed E-state index contributed by atoms with van der Waals surface area (Å²) in [5, 5.41) is 1.20. The zero-order valence-electron chi connectivity index (χ0n) is 15.6. The molecule has 1 heterocycles. The number of methoxy groups -OCH3 is 1. The van der Waals surface area contributed by atoms with Gasteiger partial charge in [-0.25, -0.2) is 9.37 Å². The summed E-state index contributed by atoms with van der Waals surface area (Å²) in [6, 6.07) is 12.8. The van der Waals surface area contributed by atoms with Crippen molar-refractivity contribution < 1.29 is 13.9 Å². The molecule has 3 aromatic rings. The lowest BCUT2D eigenvalue weighted by molar-refractivity contribution is 0.0982. The normalized spacial score (nSPS) is 11.1. The number of rotatable bonds is 9. The number of hydrogen-bond donors (Lipinski definition) is 0. The van der Waals surface area contributed by atoms with E-state index in [0.717, 1.165) is 0 Å². The Labute approximate surface area is 166 Å². The average Bonchev–Trinajstić information content (AvgIpc) is 2.71. The van der Waals surface area contributed by atoms with Gasteiger partial charge in [0.15, 0.2) is 10.9 Å². The van der Waals surface area contributed by atoms with E-state index in [2.05, 4.69) is 4.98 Å². The van der Waals surface area contributed by atoms with Gasteiger partial charge < -0.3 is 4.74 Å². The molecule has 0 N–H and O–H groups in total. The Kier molecular flexibility index (Phi) is 6.95. The van der Waals surface area contributed by atoms with Crippen LogP contribution in [0.5, 0.6) is 0 Å². The Morgan fingerprint density at radius 3 is 2.68 bits per heavy atom. The summed E-state index contributed by atoms with van der Waals surface area (Å²) in [6.45, 7) is 0.834. The van der Waals surface area contributed by atoms with Gasteiger partial charge in [-0.05, 0) is 42.8 Å². The van der Waals surface area contributed by atoms with Gasteiger partial charge in [-0.3, -0.25) is 14.2 Å². The molecule has 2 aromatic carbocycles. The highest BCUT2D eigenvalue weighted by molar-refractivity contribution is 7.99. The lowest BCUT2D eigenvalue weighted by Crippen LogP contribution is -2.25. The predicted octanol–water partition coefficient (Wildman–Crippen LogP) is 3.94. The number of aromatic nitrogens is 2. The van der Waals surface area contributed by atoms with Gasteiger partial charge in [0.25, 0.3) is 5.56 Å². The molecular formula is C21H21FN2O3S. The molecule has 0 fully saturated rings. The van der Waals surface area contributed by atoms with Crippen LogP contribution in [0.4, 0.5) is 4.39 Å². The fraction of sp³-hybridized carbons (Fsp3) is 0.286. The van der Waals surface area contributed by atoms with E-state index in [1.165, 1.54) is 36.0 Å². The van der Waals surface area contributed by atoms with E-state index in [-0.39, 0.29) is 17.2 Å². The topological polar surface area (TPSA) is 61.2 Å². The first-order chi connectivity index (χ1) is 13.6. The zero-order chi connectivity index (χ0) is 19.9. The van der Waals surface area contributed by atoms with Gasteiger partial charge in [0.2, 0.25) is 0 Å². The van der Waals surface area contributed by atoms with Crippen molar-refractivity contribution in [3.8, 4) is 0 Å². The molecule has 0 atom stereocenters. The van der Waals surface area contributed by atoms with Crippen molar-refractivity contribution in [1.29, 1.82) is 0 Å². The highest BCUT2D eigenvalue weighted by Gasteiger charge is 2.12. The first kappa shape index (κ1) is 20.2. The Bertz CT molecular complexity index is 1020. The molecule has 0 aliphatic rings. The maximum Gasteiger partial charge on any atom is 0.262 e. The Morgan fingerprint density at radius 2 is 1.93 bits per heavy atom. The number of nitrogens with zero attached hydrogens (tertiary/aromatic N) is 2. The van der Waals surface area contributed by atoms with Gasteiger partial charge >= 0.3 is 0 Å². The molecule has 0 saturated heterocycles. The summed E-state index contributed by atoms with van der Waals surface area (Å²) in [6.07, 6.45) is 0.988. The van der Waals surface area contributed by atoms with Gasteiger partial charge in [0.1, 0.15) is 5.82 Å². The van der Waals surface area contributed by atoms with Crippen LogP contribution in [0.2, 0.25) is 0 Å². The molecule has 0 bridgehead atoms. The van der Waals surface area contributed by atoms with Crippen LogP contribution in [-0.4, -0.2) is 34.8 Å². The van der Waals surface area contributed by atoms with Crippen LogP contribution in [-0.2, 0) is 11.3 Å². The van der Waals surface area contributed by atoms with Crippen molar-refractivity contribution in [3.05, 3.63) is 70.3 Å². The van der Waals surface area contributed by atoms with Gasteiger partial charge in [-0.2, -0.15) is 0 Å². The minimum absolute atomic E-state index is 0.0242. The first-order valence-corrected chi connectivity index (χ1v) is 9.99. The van der Waals surface area contributed by atoms with Crippen LogP contribution < -0.4 is 5.56 Å². The van der Waals surface area contributed by atoms with E-state index in [0.29, 0.717) is 53.4 Å². The summed E-state index contributed by atoms with van der Waals surface area (Å²) in [5.74, 6) is 0.261. The number of halogens is 1. The third-order valence-electron chi connectivity index (χ3n) is 4.29. The molecule has 0 aliphatic carbocycles. The van der Waals surface area contributed by atoms with Crippen molar-refractivity contribution in [1.82, 2.24) is 9.55 Å². The summed E-state index contributed by atoms with van der Waals surface area (Å²) in [7, 11) is 1.59. The minimum Gasteiger partial charge on any atom is -0.383 e. The number of Topliss-reactive ketones (excluding diaryl/α,β-unsaturated/α-hetero) is 1. The molecule has 5 nitrogen and oxygen atoms in total. The monoisotopic (exact) mass is 400 g/mol. The largest absolute Gasteiger partial charge is 0.383 e. The molecular weight excluding hydrogens is 379 g/mol. The highest BCUT2D eigenvalue weighted by atomic mass is 32.2. The van der Waals surface area contributed by atoms with E-state index >= 15 is 0 Å². The van der Waals surface area contributed by atoms with Gasteiger partial charge in [0.05, 0.1) is 24.1 Å². The molecule has 28 heavy (non-hydrogen) atoms. The summed E-state index contributed by atoms with van der Waals surface area (Å²) >= 11 is 1.45. The molecule has 3 rings (SSSR count). The maximum absolute atomic E-state index is 13.0. The second-order valence-electron chi connectivity index (χ2n) is 6.24. The van der Waals surface area contributed by atoms with Crippen molar-refractivity contribution >= 4 is 28.4 Å². The summed E-state index contributed by atoms with van der Waals surface area (Å²) < 4.78 is 19.7. The summed E-state index contributed by atoms with van der Waals surface area (Å²) in [5.41, 5.74) is 1.07. The number of carbonyl (C=O) groups excluding carboxylic acids is 1. The molecule has 0 saturated carbocycles. The van der Waals surface area contributed by atoms with Crippen molar-refractivity contribution in [3.63, 3.8) is 0 Å². The number of fused-ring (bicyclic) bond motifs is 1. The van der Waals surface area contributed by atoms with Crippen molar-refractivity contribution in [2.45, 2.75) is 24.5 Å². The van der Waals surface area contributed by atoms with Crippen LogP contribution in [0.1, 0.15) is 23.2 Å². The molecule has 0 radical (unpaired) electrons. The molecule has 0 unspecified atom stereocenters. The zero-order valence-corrected chi connectivity index (χ0v) is 16.4. The number of hydrogen-bond acceptors (Lipinski definition) is 5. The van der Waals surface area contributed by atoms with Crippen LogP contribution in [0.15, 0.2) is 58.5 Å². The SMILES string of the molecule is COCCn1c(SCCCC(=O)c2ccc(F)cc2)nc2ccccc2c1=O. The van der Waals surface area contributed by atoms with Crippen molar-refractivity contribution in [2.24, 2.45) is 0 Å². The molecule has 146 valence electrons. The fourth-order valence-electron chi connectivity index (χ4n) is 2.81. The van der Waals surface area contributed by atoms with E-state index in [1.54, 1.807) is 17.7 Å². The van der Waals surface area contributed by atoms with E-state index in [4.69, 9.17) is 4.74 Å². The second-order valence-corrected chi connectivity index (χ2v) is 7.31. The standard InChI is InChI=1S/C21H21FN2O3S/c1-27-13-12-24-20(26)17-5-2-3-6-18(17)23-21(24)28-14-4-7-19(25)15-8-10-16(22)11-9-15/h2-3,5-6,8-11H,4,7,12-14H2,1H3. The first-order valence-electron chi connectivity index (χ1n) is 9.00. The number of carbonyl (C=O) groups is 1. The number of ether oxygens (including phenoxy) is 1. The second kappa shape index (κ2) is 9.61. The fourth-order valence-corrected chi connectivity index (χ4v) is 3.78. The van der Waals surface area contributed by atoms with E-state index < -0.39 is 0 Å². The smallest absolute Gasteiger partial charge is 0.262 e. The molecule has 1 aromatic heterocycles. The quantitative estimate of drug-likeness (QED) is 0.236. The van der Waals surface area contributed by atoms with Crippen LogP contribution in [0.25, 0.3) is 10.9 Å². The molecule has 0 amide bonds. The van der Waals surface area contributed by atoms with E-state index in [9.17, 15) is 14.0 Å². The number of para-hydroxylation sites is 1. The van der Waals surface area contributed by atoms with Gasteiger partial charge in [-0.15, -0.1) is 0 Å². The average molecular weight is 400 g/mol. The molecule has 7 heteroatoms. The van der Waals surface area contributed by atoms with Gasteiger partial charge in [-0.1, -0.05) is 23.9 Å². The highest BCUT2D eigenvalue weighted by Crippen LogP contribution is 2.20. The predicted molar refractivity (Wildman–Crippen MR) is 109 cm³/mol. The summed E-state index contributed by atoms with van der Waals surface area (Å²) in [4.78, 5) is 29.6. The van der Waals surface area contributed by atoms with E-state index in [1.807, 2.05) is 18.2 Å². The maximum atomic E-state index is 13.0. The van der Waals surface area contributed by atoms with Crippen LogP contribution in [0, 0.1) is 5.82 Å². The lowest BCUT2D eigenvalue weighted by Gasteiger charge is -2.12. The Balaban J connectivity index is 1.68. The minimum atomic E-state index is -0.358. The van der Waals surface area contributed by atoms with Crippen LogP contribution in [0.3, 0.4) is 0 Å². The number of ketones is 1. The van der Waals surface area contributed by atoms with Gasteiger partial charge in [0, 0.05) is 24.8 Å². The van der Waals surface area contributed by atoms with Crippen LogP contribution >= 0.6 is 11.8 Å². The third kappa shape index (κ3) is 4.85. The number of thioether (sulfide) groups is 1.